The second-order valence-electron chi connectivity index (χ2n) is 32.6. The molecule has 36 nitrogen and oxygen atoms in total. The predicted molar refractivity (Wildman–Crippen MR) is 428 cm³/mol. The van der Waals surface area contributed by atoms with Crippen LogP contribution in [0.2, 0.25) is 0 Å². The smallest absolute Gasteiger partial charge is 0.329 e. The molecular formula is C82H130N12O24. The molecule has 0 aromatic heterocycles. The number of primary amides is 2. The summed E-state index contributed by atoms with van der Waals surface area (Å²) in [7, 11) is 4.07. The number of cyclic esters (lactones) is 2. The number of carboxylic acids is 1. The lowest BCUT2D eigenvalue weighted by atomic mass is 9.91. The summed E-state index contributed by atoms with van der Waals surface area (Å²) in [6.07, 6.45) is -7.11. The van der Waals surface area contributed by atoms with Crippen molar-refractivity contribution >= 4 is 101 Å². The molecule has 36 heteroatoms. The normalized spacial score (nSPS) is 23.2. The fourth-order valence-corrected chi connectivity index (χ4v) is 14.5. The molecule has 3 heterocycles. The number of amides is 12. The Labute approximate surface area is 691 Å². The molecule has 1 aromatic rings. The van der Waals surface area contributed by atoms with Crippen LogP contribution in [0.3, 0.4) is 0 Å². The molecule has 0 bridgehead atoms. The molecule has 0 spiro atoms. The number of esters is 3. The Morgan fingerprint density at radius 3 is 1.87 bits per heavy atom. The fourth-order valence-electron chi connectivity index (χ4n) is 14.5. The number of nitrogens with one attached hydrogen (secondary N) is 6. The predicted octanol–water partition coefficient (Wildman–Crippen LogP) is 1.83. The Morgan fingerprint density at radius 2 is 1.31 bits per heavy atom. The number of carboxylic acid groups (broad SMARTS) is 1. The summed E-state index contributed by atoms with van der Waals surface area (Å²) in [5.74, 6) is -19.7. The van der Waals surface area contributed by atoms with E-state index in [1.807, 2.05) is 20.8 Å². The molecule has 0 radical (unpaired) electrons. The van der Waals surface area contributed by atoms with Gasteiger partial charge >= 0.3 is 23.9 Å². The number of nitrogens with two attached hydrogens (primary N) is 2. The second-order valence-corrected chi connectivity index (χ2v) is 32.6. The van der Waals surface area contributed by atoms with E-state index in [-0.39, 0.29) is 76.8 Å². The zero-order chi connectivity index (χ0) is 88.7. The lowest BCUT2D eigenvalue weighted by Gasteiger charge is -2.36. The molecule has 17 unspecified atom stereocenters. The zero-order valence-electron chi connectivity index (χ0n) is 71.2. The highest BCUT2D eigenvalue weighted by Crippen LogP contribution is 2.29. The molecule has 3 saturated heterocycles. The first kappa shape index (κ1) is 100. The van der Waals surface area contributed by atoms with E-state index in [4.69, 9.17) is 30.4 Å². The molecule has 1 aromatic carbocycles. The van der Waals surface area contributed by atoms with Crippen molar-refractivity contribution in [3.05, 3.63) is 29.8 Å². The molecule has 4 rings (SSSR count). The van der Waals surface area contributed by atoms with E-state index in [1.165, 1.54) is 40.0 Å². The van der Waals surface area contributed by atoms with Crippen LogP contribution in [-0.2, 0) is 102 Å². The number of aliphatic hydroxyl groups is 2. The summed E-state index contributed by atoms with van der Waals surface area (Å²) < 4.78 is 23.0. The topological polar surface area (TPSA) is 525 Å². The number of fused-ring (bicyclic) bond motifs is 1. The highest BCUT2D eigenvalue weighted by molar-refractivity contribution is 6.05. The number of nitrogens with zero attached hydrogens (tertiary/aromatic N) is 4. The first-order valence-electron chi connectivity index (χ1n) is 41.3. The van der Waals surface area contributed by atoms with Crippen molar-refractivity contribution in [2.75, 3.05) is 34.3 Å². The van der Waals surface area contributed by atoms with Gasteiger partial charge in [0.25, 0.3) is 5.91 Å². The van der Waals surface area contributed by atoms with Gasteiger partial charge < -0.3 is 97.2 Å². The van der Waals surface area contributed by atoms with Gasteiger partial charge in [-0.15, -0.1) is 0 Å². The number of hydrogen-bond acceptors (Lipinski definition) is 23. The number of rotatable bonds is 39. The quantitative estimate of drug-likeness (QED) is 0.0194. The highest BCUT2D eigenvalue weighted by Gasteiger charge is 2.47. The number of aliphatic hydroxyl groups excluding tert-OH is 2. The van der Waals surface area contributed by atoms with E-state index >= 15 is 24.0 Å². The van der Waals surface area contributed by atoms with Crippen LogP contribution in [0.15, 0.2) is 24.3 Å². The number of hydrogen-bond donors (Lipinski definition) is 11. The Morgan fingerprint density at radius 1 is 0.712 bits per heavy atom. The Hall–Kier alpha value is -9.87. The Bertz CT molecular complexity index is 3630. The van der Waals surface area contributed by atoms with Crippen molar-refractivity contribution in [1.29, 1.82) is 0 Å². The van der Waals surface area contributed by atoms with Crippen molar-refractivity contribution in [3.8, 4) is 5.75 Å². The van der Waals surface area contributed by atoms with Crippen LogP contribution >= 0.6 is 0 Å². The number of methoxy groups -OCH3 is 1. The third-order valence-electron chi connectivity index (χ3n) is 21.7. The number of unbranched alkanes of at least 4 members (excludes halogenated alkanes) is 4. The number of Topliss-reactive ketones (excluding diaryl/α,β-unsaturated/α-hetero) is 1. The largest absolute Gasteiger partial charge is 0.497 e. The van der Waals surface area contributed by atoms with Gasteiger partial charge in [0.2, 0.25) is 65.0 Å². The number of aliphatic carboxylic acids is 1. The van der Waals surface area contributed by atoms with Gasteiger partial charge in [-0.05, 0) is 126 Å². The van der Waals surface area contributed by atoms with Gasteiger partial charge in [-0.3, -0.25) is 71.9 Å². The van der Waals surface area contributed by atoms with Gasteiger partial charge in [-0.2, -0.15) is 0 Å². The van der Waals surface area contributed by atoms with E-state index in [2.05, 4.69) is 31.9 Å². The van der Waals surface area contributed by atoms with Crippen molar-refractivity contribution in [2.45, 2.75) is 315 Å². The number of ketones is 1. The number of benzene rings is 1. The summed E-state index contributed by atoms with van der Waals surface area (Å²) in [6.45, 7) is 19.3. The van der Waals surface area contributed by atoms with E-state index in [9.17, 15) is 72.9 Å². The number of ether oxygens (including phenoxy) is 4. The Kier molecular flexibility index (Phi) is 41.6. The van der Waals surface area contributed by atoms with E-state index in [0.29, 0.717) is 24.2 Å². The van der Waals surface area contributed by atoms with Crippen LogP contribution in [0.25, 0.3) is 0 Å². The van der Waals surface area contributed by atoms with Gasteiger partial charge in [0.1, 0.15) is 66.2 Å². The minimum atomic E-state index is -1.93. The molecule has 17 atom stereocenters. The van der Waals surface area contributed by atoms with Crippen LogP contribution in [0.5, 0.6) is 5.75 Å². The number of likely N-dealkylation sites (tertiary alicyclic amines) is 1. The molecular weight excluding hydrogens is 1540 g/mol. The lowest BCUT2D eigenvalue weighted by Crippen LogP contribution is -2.62. The standard InChI is InChI=1S/C82H130N12O24/c1-16-18-19-20-21-24-52(95)42-65(99)85-54(31-34-63(83)97)73(105)86-55(32-35-64(84)98)74(106)87-56(33-36-66(100)101)81(113)117-50(12)77(109)93-37-22-25-58(93)79(111)91(13)60(40-45(5)6)75(107)90-69-49(11)116-82(114)61(41-51-27-29-53(115-15)30-28-51)92(14)80(112)59-26-23-38-94(59)78(110)57(39-44(3)4)88-72(104)48(10)70(103)71(46(7)8)118-67(102)43-62(96)68(47(9)17-2)89-76(69)108/h27-30,44-50,52,54-62,68-69,71,95-96H,16-26,31-43H2,1-15H3,(H2,83,97)(H2,84,98)(H,85,99)(H,86,105)(H,87,106)(H,88,104)(H,89,108)(H,90,107)(H,100,101). The third-order valence-corrected chi connectivity index (χ3v) is 21.7. The SMILES string of the molecule is CCCCCCCC(O)CC(=O)NC(CCC(N)=O)C(=O)NC(CCC(N)=O)C(=O)NC(CCC(=O)O)C(=O)OC(C)C(=O)N1CCCC1C(=O)N(C)C(CC(C)C)C(=O)NC1C(=O)NC(C(C)CC)C(O)CC(=O)OC(C(C)C)C(=O)C(C)C(=O)NC(CC(C)C)C(=O)N2CCCC2C(=O)N(C)C(Cc2ccc(OC)cc2)C(=O)OC1C. The average molecular weight is 1670 g/mol. The summed E-state index contributed by atoms with van der Waals surface area (Å²) >= 11 is 0. The molecule has 13 N–H and O–H groups in total. The van der Waals surface area contributed by atoms with Crippen LogP contribution in [0, 0.1) is 29.6 Å². The van der Waals surface area contributed by atoms with Crippen LogP contribution in [0.4, 0.5) is 0 Å². The minimum absolute atomic E-state index is 0.00672. The van der Waals surface area contributed by atoms with Gasteiger partial charge in [0.15, 0.2) is 18.0 Å². The van der Waals surface area contributed by atoms with Gasteiger partial charge in [-0.1, -0.05) is 113 Å². The van der Waals surface area contributed by atoms with E-state index < -0.39 is 260 Å². The summed E-state index contributed by atoms with van der Waals surface area (Å²) in [5, 5.41) is 47.7. The maximum Gasteiger partial charge on any atom is 0.329 e. The fraction of sp³-hybridized carbons (Fsp3) is 0.720. The van der Waals surface area contributed by atoms with E-state index in [1.54, 1.807) is 65.8 Å². The van der Waals surface area contributed by atoms with Crippen molar-refractivity contribution in [2.24, 2.45) is 41.1 Å². The monoisotopic (exact) mass is 1670 g/mol. The van der Waals surface area contributed by atoms with Crippen molar-refractivity contribution < 1.29 is 116 Å². The van der Waals surface area contributed by atoms with Crippen LogP contribution < -0.4 is 48.1 Å². The Balaban J connectivity index is 1.75. The summed E-state index contributed by atoms with van der Waals surface area (Å²) in [4.78, 5) is 244. The molecule has 3 aliphatic rings. The van der Waals surface area contributed by atoms with Crippen molar-refractivity contribution in [3.63, 3.8) is 0 Å². The summed E-state index contributed by atoms with van der Waals surface area (Å²) in [5.41, 5.74) is 11.3. The second kappa shape index (κ2) is 48.9. The molecule has 3 fully saturated rings. The van der Waals surface area contributed by atoms with Gasteiger partial charge in [-0.25, -0.2) is 9.59 Å². The van der Waals surface area contributed by atoms with E-state index in [0.717, 1.165) is 47.3 Å². The average Bonchev–Trinajstić information content (AvgIpc) is 1.61. The van der Waals surface area contributed by atoms with Gasteiger partial charge in [0, 0.05) is 52.9 Å². The maximum atomic E-state index is 15.4. The van der Waals surface area contributed by atoms with Crippen LogP contribution in [-0.4, -0.2) is 261 Å². The van der Waals surface area contributed by atoms with Gasteiger partial charge in [0.05, 0.1) is 44.1 Å². The first-order valence-corrected chi connectivity index (χ1v) is 41.3. The molecule has 118 heavy (non-hydrogen) atoms. The number of carbonyl (C=O) groups is 17. The first-order chi connectivity index (χ1) is 55.5. The maximum absolute atomic E-state index is 15.4. The van der Waals surface area contributed by atoms with Crippen LogP contribution in [0.1, 0.15) is 223 Å². The molecule has 0 saturated carbocycles. The minimum Gasteiger partial charge on any atom is -0.497 e. The third kappa shape index (κ3) is 31.1. The molecule has 0 aliphatic carbocycles. The number of carbonyl (C=O) groups excluding carboxylic acids is 16. The number of likely N-dealkylation sites (N-methyl/N-ethyl adjacent to an activating group) is 2. The highest BCUT2D eigenvalue weighted by atomic mass is 16.6. The molecule has 12 amide bonds. The summed E-state index contributed by atoms with van der Waals surface area (Å²) in [6, 6.07) is -8.70. The molecule has 662 valence electrons. The zero-order valence-corrected chi connectivity index (χ0v) is 71.2. The molecule has 3 aliphatic heterocycles. The lowest BCUT2D eigenvalue weighted by molar-refractivity contribution is -0.163. The van der Waals surface area contributed by atoms with Crippen molar-refractivity contribution in [1.82, 2.24) is 51.5 Å².